The molecule has 5 rings (SSSR count). The summed E-state index contributed by atoms with van der Waals surface area (Å²) in [6.07, 6.45) is -9.41. The molecule has 3 amide bonds. The Morgan fingerprint density at radius 1 is 0.778 bits per heavy atom. The second-order valence-corrected chi connectivity index (χ2v) is 16.7. The van der Waals surface area contributed by atoms with Gasteiger partial charge >= 0.3 is 36.1 Å². The molecule has 21 heteroatoms. The first kappa shape index (κ1) is 47.3. The molecule has 0 aromatic heterocycles. The fraction of sp³-hybridized carbons (Fsp3) is 0.405. The zero-order valence-corrected chi connectivity index (χ0v) is 36.0. The lowest BCUT2D eigenvalue weighted by molar-refractivity contribution is -0.282. The minimum atomic E-state index is -3.37. The third kappa shape index (κ3) is 12.7. The minimum absolute atomic E-state index is 0.00913. The molecule has 0 spiro atoms. The van der Waals surface area contributed by atoms with Gasteiger partial charge in [0.15, 0.2) is 18.3 Å². The van der Waals surface area contributed by atoms with E-state index in [0.29, 0.717) is 0 Å². The van der Waals surface area contributed by atoms with Gasteiger partial charge in [-0.1, -0.05) is 54.6 Å². The Labute approximate surface area is 362 Å². The lowest BCUT2D eigenvalue weighted by Crippen LogP contribution is -2.64. The summed E-state index contributed by atoms with van der Waals surface area (Å²) >= 11 is 0. The van der Waals surface area contributed by atoms with Gasteiger partial charge in [-0.15, -0.1) is 0 Å². The maximum atomic E-state index is 13.6. The molecule has 3 aromatic rings. The number of hydrogen-bond acceptors (Lipinski definition) is 17. The SMILES string of the molecule is COC(=O)C1OC(Oc2ccc(COC(=O)NCCS(C)(=O)=O)cc2NC(=O)CN(C)C(=O)OCC2c3ccccc3-c3ccccc32)C(OC(C)=O)C(OC(C)=O)C1OC(C)=O. The summed E-state index contributed by atoms with van der Waals surface area (Å²) in [5.41, 5.74) is 4.19. The Bertz CT molecular complexity index is 2290. The largest absolute Gasteiger partial charge is 0.467 e. The maximum absolute atomic E-state index is 13.6. The molecule has 1 aliphatic carbocycles. The van der Waals surface area contributed by atoms with Gasteiger partial charge in [-0.25, -0.2) is 22.8 Å². The highest BCUT2D eigenvalue weighted by atomic mass is 32.2. The number of rotatable bonds is 16. The maximum Gasteiger partial charge on any atom is 0.409 e. The summed E-state index contributed by atoms with van der Waals surface area (Å²) in [7, 11) is -1.000. The zero-order valence-electron chi connectivity index (χ0n) is 35.1. The Balaban J connectivity index is 1.38. The number of alkyl carbamates (subject to hydrolysis) is 1. The minimum Gasteiger partial charge on any atom is -0.467 e. The van der Waals surface area contributed by atoms with E-state index in [1.165, 1.54) is 25.2 Å². The van der Waals surface area contributed by atoms with Crippen LogP contribution < -0.4 is 15.4 Å². The van der Waals surface area contributed by atoms with Crippen molar-refractivity contribution in [3.8, 4) is 16.9 Å². The number of nitrogens with one attached hydrogen (secondary N) is 2. The van der Waals surface area contributed by atoms with Gasteiger partial charge in [0.05, 0.1) is 18.6 Å². The molecule has 1 heterocycles. The van der Waals surface area contributed by atoms with E-state index in [1.807, 2.05) is 48.5 Å². The van der Waals surface area contributed by atoms with Crippen molar-refractivity contribution in [1.82, 2.24) is 10.2 Å². The molecule has 5 unspecified atom stereocenters. The van der Waals surface area contributed by atoms with E-state index < -0.39 is 95.7 Å². The Morgan fingerprint density at radius 2 is 1.37 bits per heavy atom. The van der Waals surface area contributed by atoms with Gasteiger partial charge in [0.2, 0.25) is 18.3 Å². The number of esters is 4. The average molecular weight is 898 g/mol. The van der Waals surface area contributed by atoms with E-state index in [0.717, 1.165) is 61.3 Å². The number of benzene rings is 3. The highest BCUT2D eigenvalue weighted by Crippen LogP contribution is 2.44. The van der Waals surface area contributed by atoms with Crippen LogP contribution in [0.25, 0.3) is 11.1 Å². The molecule has 2 aliphatic rings. The van der Waals surface area contributed by atoms with Crippen molar-refractivity contribution < 1.29 is 79.9 Å². The van der Waals surface area contributed by atoms with Crippen LogP contribution in [0.15, 0.2) is 66.7 Å². The molecule has 3 aromatic carbocycles. The van der Waals surface area contributed by atoms with Crippen LogP contribution in [0.2, 0.25) is 0 Å². The molecular formula is C42H47N3O17S. The predicted molar refractivity (Wildman–Crippen MR) is 219 cm³/mol. The smallest absolute Gasteiger partial charge is 0.409 e. The van der Waals surface area contributed by atoms with Crippen LogP contribution in [0.1, 0.15) is 43.4 Å². The molecule has 63 heavy (non-hydrogen) atoms. The van der Waals surface area contributed by atoms with Crippen molar-refractivity contribution in [3.05, 3.63) is 83.4 Å². The quantitative estimate of drug-likeness (QED) is 0.155. The summed E-state index contributed by atoms with van der Waals surface area (Å²) in [6, 6.07) is 19.6. The lowest BCUT2D eigenvalue weighted by atomic mass is 9.97. The molecule has 338 valence electrons. The number of hydrogen-bond donors (Lipinski definition) is 2. The van der Waals surface area contributed by atoms with Crippen LogP contribution in [0, 0.1) is 0 Å². The Kier molecular flexibility index (Phi) is 15.7. The number of anilines is 1. The van der Waals surface area contributed by atoms with Crippen LogP contribution in [-0.2, 0) is 73.6 Å². The Hall–Kier alpha value is -6.74. The second kappa shape index (κ2) is 20.9. The third-order valence-electron chi connectivity index (χ3n) is 9.54. The van der Waals surface area contributed by atoms with Crippen molar-refractivity contribution in [2.75, 3.05) is 51.2 Å². The molecular weight excluding hydrogens is 851 g/mol. The number of ether oxygens (including phenoxy) is 8. The van der Waals surface area contributed by atoms with Gasteiger partial charge in [-0.05, 0) is 39.9 Å². The highest BCUT2D eigenvalue weighted by molar-refractivity contribution is 7.90. The summed E-state index contributed by atoms with van der Waals surface area (Å²) in [6.45, 7) is 1.91. The van der Waals surface area contributed by atoms with Gasteiger partial charge in [-0.3, -0.25) is 19.2 Å². The molecule has 0 radical (unpaired) electrons. The number of methoxy groups -OCH3 is 1. The van der Waals surface area contributed by atoms with Crippen LogP contribution >= 0.6 is 0 Å². The topological polar surface area (TPSA) is 255 Å². The molecule has 1 fully saturated rings. The number of fused-ring (bicyclic) bond motifs is 3. The fourth-order valence-electron chi connectivity index (χ4n) is 6.88. The van der Waals surface area contributed by atoms with Crippen molar-refractivity contribution in [3.63, 3.8) is 0 Å². The molecule has 2 N–H and O–H groups in total. The van der Waals surface area contributed by atoms with Gasteiger partial charge in [0.1, 0.15) is 35.3 Å². The van der Waals surface area contributed by atoms with Gasteiger partial charge in [0.25, 0.3) is 0 Å². The van der Waals surface area contributed by atoms with Crippen LogP contribution in [0.4, 0.5) is 15.3 Å². The summed E-state index contributed by atoms with van der Waals surface area (Å²) in [5, 5.41) is 4.94. The summed E-state index contributed by atoms with van der Waals surface area (Å²) in [4.78, 5) is 90.0. The van der Waals surface area contributed by atoms with Crippen molar-refractivity contribution in [2.24, 2.45) is 0 Å². The summed E-state index contributed by atoms with van der Waals surface area (Å²) < 4.78 is 66.8. The Morgan fingerprint density at radius 3 is 1.95 bits per heavy atom. The molecule has 5 atom stereocenters. The predicted octanol–water partition coefficient (Wildman–Crippen LogP) is 2.85. The number of sulfone groups is 1. The van der Waals surface area contributed by atoms with E-state index in [9.17, 15) is 42.0 Å². The standard InChI is InChI=1S/C42H47N3O17S/c1-23(46)58-35-36(59-24(2)47)38(60-25(3)48)40(62-37(35)39(50)55-5)61-33-16-15-26(21-56-41(51)43-17-18-63(6,53)54)19-32(33)44-34(49)20-45(4)42(52)57-22-31-29-13-9-7-11-27(29)28-12-8-10-14-30(28)31/h7-16,19,31,35-38,40H,17-18,20-22H2,1-6H3,(H,43,51)(H,44,49). The van der Waals surface area contributed by atoms with E-state index in [2.05, 4.69) is 10.6 Å². The number of carbonyl (C=O) groups is 7. The van der Waals surface area contributed by atoms with E-state index >= 15 is 0 Å². The van der Waals surface area contributed by atoms with Crippen molar-refractivity contribution >= 4 is 57.5 Å². The number of amides is 3. The van der Waals surface area contributed by atoms with Crippen molar-refractivity contribution in [1.29, 1.82) is 0 Å². The first-order chi connectivity index (χ1) is 29.8. The number of likely N-dealkylation sites (N-methyl/N-ethyl adjacent to an activating group) is 1. The average Bonchev–Trinajstić information content (AvgIpc) is 3.53. The first-order valence-corrected chi connectivity index (χ1v) is 21.4. The molecule has 1 saturated heterocycles. The van der Waals surface area contributed by atoms with Gasteiger partial charge < -0.3 is 53.4 Å². The number of carbonyl (C=O) groups excluding carboxylic acids is 7. The first-order valence-electron chi connectivity index (χ1n) is 19.3. The van der Waals surface area contributed by atoms with Gasteiger partial charge in [-0.2, -0.15) is 0 Å². The fourth-order valence-corrected chi connectivity index (χ4v) is 7.35. The van der Waals surface area contributed by atoms with E-state index in [1.54, 1.807) is 0 Å². The van der Waals surface area contributed by atoms with Gasteiger partial charge in [0, 0.05) is 46.5 Å². The molecule has 0 bridgehead atoms. The second-order valence-electron chi connectivity index (χ2n) is 14.5. The van der Waals surface area contributed by atoms with Crippen molar-refractivity contribution in [2.45, 2.75) is 64.0 Å². The van der Waals surface area contributed by atoms with Crippen LogP contribution in [0.3, 0.4) is 0 Å². The molecule has 1 aliphatic heterocycles. The van der Waals surface area contributed by atoms with E-state index in [4.69, 9.17) is 37.9 Å². The third-order valence-corrected chi connectivity index (χ3v) is 10.5. The zero-order chi connectivity index (χ0) is 46.0. The monoisotopic (exact) mass is 897 g/mol. The lowest BCUT2D eigenvalue weighted by Gasteiger charge is -2.43. The normalized spacial score (nSPS) is 18.9. The van der Waals surface area contributed by atoms with E-state index in [-0.39, 0.29) is 41.8 Å². The highest BCUT2D eigenvalue weighted by Gasteiger charge is 2.56. The molecule has 20 nitrogen and oxygen atoms in total. The summed E-state index contributed by atoms with van der Waals surface area (Å²) in [5.74, 6) is -5.37. The molecule has 0 saturated carbocycles. The van der Waals surface area contributed by atoms with Crippen LogP contribution in [-0.4, -0.2) is 132 Å². The number of nitrogens with zero attached hydrogens (tertiary/aromatic N) is 1. The van der Waals surface area contributed by atoms with Crippen LogP contribution in [0.5, 0.6) is 5.75 Å².